The van der Waals surface area contributed by atoms with Gasteiger partial charge in [0.15, 0.2) is 0 Å². The van der Waals surface area contributed by atoms with Crippen LogP contribution in [0.2, 0.25) is 0 Å². The largest absolute Gasteiger partial charge is 0.324 e. The third kappa shape index (κ3) is 1.51. The van der Waals surface area contributed by atoms with Gasteiger partial charge < -0.3 is 11.1 Å². The molecule has 1 aliphatic heterocycles. The Morgan fingerprint density at radius 2 is 2.00 bits per heavy atom. The minimum atomic E-state index is -0.570. The lowest BCUT2D eigenvalue weighted by Crippen LogP contribution is -2.22. The number of nitrogens with one attached hydrogen (secondary N) is 2. The number of nitrogens with two attached hydrogens (primary N) is 1. The van der Waals surface area contributed by atoms with Crippen LogP contribution in [0.3, 0.4) is 0 Å². The van der Waals surface area contributed by atoms with Gasteiger partial charge in [-0.05, 0) is 42.0 Å². The van der Waals surface area contributed by atoms with E-state index in [4.69, 9.17) is 5.73 Å². The lowest BCUT2D eigenvalue weighted by atomic mass is 9.94. The van der Waals surface area contributed by atoms with E-state index in [1.807, 2.05) is 19.1 Å². The third-order valence-corrected chi connectivity index (χ3v) is 3.87. The lowest BCUT2D eigenvalue weighted by molar-refractivity contribution is -0.120. The van der Waals surface area contributed by atoms with Crippen molar-refractivity contribution in [3.63, 3.8) is 0 Å². The number of carbonyl (C=O) groups excluding carboxylic acids is 2. The van der Waals surface area contributed by atoms with Crippen LogP contribution in [0.1, 0.15) is 40.8 Å². The van der Waals surface area contributed by atoms with Crippen molar-refractivity contribution in [2.75, 3.05) is 0 Å². The second-order valence-corrected chi connectivity index (χ2v) is 4.89. The summed E-state index contributed by atoms with van der Waals surface area (Å²) in [5.41, 5.74) is 10.4. The molecule has 0 aromatic heterocycles. The molecule has 0 bridgehead atoms. The number of benzene rings is 1. The molecule has 1 fully saturated rings. The average molecular weight is 245 g/mol. The maximum atomic E-state index is 11.7. The van der Waals surface area contributed by atoms with Gasteiger partial charge in [0.1, 0.15) is 6.04 Å². The van der Waals surface area contributed by atoms with Crippen LogP contribution in [0.4, 0.5) is 4.79 Å². The molecule has 18 heavy (non-hydrogen) atoms. The number of hydrogen-bond acceptors (Lipinski definition) is 3. The Kier molecular flexibility index (Phi) is 2.38. The van der Waals surface area contributed by atoms with E-state index in [0.29, 0.717) is 0 Å². The molecule has 1 aromatic carbocycles. The Hall–Kier alpha value is -1.88. The van der Waals surface area contributed by atoms with Crippen molar-refractivity contribution in [2.24, 2.45) is 5.73 Å². The number of urea groups is 1. The lowest BCUT2D eigenvalue weighted by Gasteiger charge is -2.15. The SMILES string of the molecule is Cc1c(C2NC(=O)NC2=O)ccc2c1CC[C@@H]2N. The van der Waals surface area contributed by atoms with Crippen molar-refractivity contribution in [2.45, 2.75) is 31.8 Å². The molecule has 1 unspecified atom stereocenters. The fourth-order valence-electron chi connectivity index (χ4n) is 2.88. The zero-order valence-electron chi connectivity index (χ0n) is 10.1. The Balaban J connectivity index is 2.05. The van der Waals surface area contributed by atoms with E-state index in [9.17, 15) is 9.59 Å². The van der Waals surface area contributed by atoms with Crippen LogP contribution in [0.25, 0.3) is 0 Å². The number of imide groups is 1. The summed E-state index contributed by atoms with van der Waals surface area (Å²) in [7, 11) is 0. The fraction of sp³-hybridized carbons (Fsp3) is 0.385. The number of amides is 3. The van der Waals surface area contributed by atoms with Crippen LogP contribution < -0.4 is 16.4 Å². The Labute approximate surface area is 105 Å². The molecule has 1 heterocycles. The van der Waals surface area contributed by atoms with Crippen LogP contribution >= 0.6 is 0 Å². The quantitative estimate of drug-likeness (QED) is 0.640. The predicted molar refractivity (Wildman–Crippen MR) is 65.8 cm³/mol. The van der Waals surface area contributed by atoms with E-state index >= 15 is 0 Å². The van der Waals surface area contributed by atoms with Gasteiger partial charge >= 0.3 is 6.03 Å². The molecule has 5 nitrogen and oxygen atoms in total. The summed E-state index contributed by atoms with van der Waals surface area (Å²) in [4.78, 5) is 22.9. The number of carbonyl (C=O) groups is 2. The van der Waals surface area contributed by atoms with Gasteiger partial charge in [0, 0.05) is 6.04 Å². The standard InChI is InChI=1S/C13H15N3O2/c1-6-7-4-5-10(14)9(7)3-2-8(6)11-12(17)16-13(18)15-11/h2-3,10-11H,4-5,14H2,1H3,(H2,15,16,17,18)/t10-,11?/m0/s1. The smallest absolute Gasteiger partial charge is 0.322 e. The molecule has 0 radical (unpaired) electrons. The highest BCUT2D eigenvalue weighted by molar-refractivity contribution is 6.04. The molecule has 3 rings (SSSR count). The zero-order chi connectivity index (χ0) is 12.9. The Morgan fingerprint density at radius 3 is 2.67 bits per heavy atom. The third-order valence-electron chi connectivity index (χ3n) is 3.87. The zero-order valence-corrected chi connectivity index (χ0v) is 10.1. The van der Waals surface area contributed by atoms with Gasteiger partial charge in [-0.15, -0.1) is 0 Å². The summed E-state index contributed by atoms with van der Waals surface area (Å²) in [6.45, 7) is 1.99. The molecule has 2 atom stereocenters. The van der Waals surface area contributed by atoms with Crippen molar-refractivity contribution in [3.8, 4) is 0 Å². The highest BCUT2D eigenvalue weighted by Gasteiger charge is 2.33. The number of hydrogen-bond donors (Lipinski definition) is 3. The minimum absolute atomic E-state index is 0.0970. The summed E-state index contributed by atoms with van der Waals surface area (Å²) in [5, 5.41) is 4.89. The first-order valence-electron chi connectivity index (χ1n) is 6.07. The van der Waals surface area contributed by atoms with Crippen molar-refractivity contribution in [1.82, 2.24) is 10.6 Å². The van der Waals surface area contributed by atoms with Crippen molar-refractivity contribution >= 4 is 11.9 Å². The fourth-order valence-corrected chi connectivity index (χ4v) is 2.88. The normalized spacial score (nSPS) is 25.9. The summed E-state index contributed by atoms with van der Waals surface area (Å²) in [6.07, 6.45) is 1.89. The number of rotatable bonds is 1. The molecule has 0 saturated carbocycles. The van der Waals surface area contributed by atoms with Crippen LogP contribution in [0, 0.1) is 6.92 Å². The first-order chi connectivity index (χ1) is 8.58. The van der Waals surface area contributed by atoms with Gasteiger partial charge in [0.05, 0.1) is 0 Å². The predicted octanol–water partition coefficient (Wildman–Crippen LogP) is 0.822. The van der Waals surface area contributed by atoms with Gasteiger partial charge in [-0.3, -0.25) is 10.1 Å². The molecule has 3 amide bonds. The Bertz CT molecular complexity index is 553. The average Bonchev–Trinajstić information content (AvgIpc) is 2.84. The van der Waals surface area contributed by atoms with Gasteiger partial charge in [0.2, 0.25) is 0 Å². The summed E-state index contributed by atoms with van der Waals surface area (Å²) < 4.78 is 0. The second-order valence-electron chi connectivity index (χ2n) is 4.89. The molecule has 0 spiro atoms. The first kappa shape index (κ1) is 11.2. The van der Waals surface area contributed by atoms with Gasteiger partial charge in [-0.1, -0.05) is 12.1 Å². The van der Waals surface area contributed by atoms with Crippen LogP contribution in [0.15, 0.2) is 12.1 Å². The summed E-state index contributed by atoms with van der Waals surface area (Å²) >= 11 is 0. The molecule has 1 aromatic rings. The monoisotopic (exact) mass is 245 g/mol. The van der Waals surface area contributed by atoms with Gasteiger partial charge in [-0.2, -0.15) is 0 Å². The van der Waals surface area contributed by atoms with Crippen LogP contribution in [-0.4, -0.2) is 11.9 Å². The van der Waals surface area contributed by atoms with E-state index in [2.05, 4.69) is 10.6 Å². The molecule has 5 heteroatoms. The van der Waals surface area contributed by atoms with Crippen molar-refractivity contribution < 1.29 is 9.59 Å². The minimum Gasteiger partial charge on any atom is -0.324 e. The van der Waals surface area contributed by atoms with E-state index in [-0.39, 0.29) is 11.9 Å². The highest BCUT2D eigenvalue weighted by Crippen LogP contribution is 2.35. The van der Waals surface area contributed by atoms with E-state index in [1.165, 1.54) is 11.1 Å². The van der Waals surface area contributed by atoms with E-state index in [1.54, 1.807) is 0 Å². The molecular weight excluding hydrogens is 230 g/mol. The van der Waals surface area contributed by atoms with Gasteiger partial charge in [0.25, 0.3) is 5.91 Å². The van der Waals surface area contributed by atoms with E-state index in [0.717, 1.165) is 24.0 Å². The Morgan fingerprint density at radius 1 is 1.28 bits per heavy atom. The van der Waals surface area contributed by atoms with Gasteiger partial charge in [-0.25, -0.2) is 4.79 Å². The molecule has 1 saturated heterocycles. The van der Waals surface area contributed by atoms with Crippen molar-refractivity contribution in [3.05, 3.63) is 34.4 Å². The molecule has 94 valence electrons. The second kappa shape index (κ2) is 3.81. The summed E-state index contributed by atoms with van der Waals surface area (Å²) in [5.74, 6) is -0.287. The first-order valence-corrected chi connectivity index (χ1v) is 6.07. The molecule has 4 N–H and O–H groups in total. The highest BCUT2D eigenvalue weighted by atomic mass is 16.2. The van der Waals surface area contributed by atoms with Crippen LogP contribution in [0.5, 0.6) is 0 Å². The van der Waals surface area contributed by atoms with Crippen LogP contribution in [-0.2, 0) is 11.2 Å². The number of fused-ring (bicyclic) bond motifs is 1. The summed E-state index contributed by atoms with van der Waals surface area (Å²) in [6, 6.07) is 2.98. The molecule has 1 aliphatic carbocycles. The van der Waals surface area contributed by atoms with Crippen molar-refractivity contribution in [1.29, 1.82) is 0 Å². The maximum Gasteiger partial charge on any atom is 0.322 e. The molecular formula is C13H15N3O2. The topological polar surface area (TPSA) is 84.2 Å². The molecule has 2 aliphatic rings. The maximum absolute atomic E-state index is 11.7. The van der Waals surface area contributed by atoms with E-state index < -0.39 is 12.1 Å².